The van der Waals surface area contributed by atoms with E-state index in [0.717, 1.165) is 23.1 Å². The van der Waals surface area contributed by atoms with E-state index in [1.165, 1.54) is 0 Å². The zero-order chi connectivity index (χ0) is 9.42. The molecule has 0 unspecified atom stereocenters. The molecule has 1 N–H and O–H groups in total. The van der Waals surface area contributed by atoms with Crippen molar-refractivity contribution >= 4 is 5.78 Å². The van der Waals surface area contributed by atoms with E-state index in [9.17, 15) is 9.90 Å². The predicted octanol–water partition coefficient (Wildman–Crippen LogP) is 2.08. The summed E-state index contributed by atoms with van der Waals surface area (Å²) in [6.45, 7) is 2.03. The Morgan fingerprint density at radius 2 is 2.15 bits per heavy atom. The van der Waals surface area contributed by atoms with Crippen LogP contribution in [0, 0.1) is 0 Å². The highest BCUT2D eigenvalue weighted by molar-refractivity contribution is 6.02. The average Bonchev–Trinajstić information content (AvgIpc) is 2.51. The van der Waals surface area contributed by atoms with Gasteiger partial charge < -0.3 is 5.11 Å². The van der Waals surface area contributed by atoms with Crippen molar-refractivity contribution in [2.45, 2.75) is 26.2 Å². The molecule has 0 aliphatic heterocycles. The molecule has 0 bridgehead atoms. The Labute approximate surface area is 77.2 Å². The second kappa shape index (κ2) is 2.87. The Bertz CT molecular complexity index is 367. The molecule has 1 aromatic carbocycles. The Morgan fingerprint density at radius 1 is 1.38 bits per heavy atom. The molecule has 0 amide bonds. The molecule has 0 aromatic heterocycles. The van der Waals surface area contributed by atoms with Gasteiger partial charge in [0.25, 0.3) is 0 Å². The van der Waals surface area contributed by atoms with Gasteiger partial charge in [0.15, 0.2) is 5.78 Å². The van der Waals surface area contributed by atoms with Gasteiger partial charge in [0, 0.05) is 17.5 Å². The highest BCUT2D eigenvalue weighted by Gasteiger charge is 2.24. The Balaban J connectivity index is 2.66. The molecule has 13 heavy (non-hydrogen) atoms. The predicted molar refractivity (Wildman–Crippen MR) is 50.1 cm³/mol. The van der Waals surface area contributed by atoms with Crippen LogP contribution in [0.2, 0.25) is 0 Å². The smallest absolute Gasteiger partial charge is 0.163 e. The van der Waals surface area contributed by atoms with Crippen LogP contribution in [0.3, 0.4) is 0 Å². The van der Waals surface area contributed by atoms with Crippen LogP contribution in [-0.4, -0.2) is 10.9 Å². The maximum Gasteiger partial charge on any atom is 0.163 e. The van der Waals surface area contributed by atoms with Gasteiger partial charge in [0.05, 0.1) is 0 Å². The zero-order valence-corrected chi connectivity index (χ0v) is 7.63. The van der Waals surface area contributed by atoms with E-state index >= 15 is 0 Å². The number of rotatable bonds is 1. The maximum absolute atomic E-state index is 11.5. The van der Waals surface area contributed by atoms with Gasteiger partial charge in [-0.25, -0.2) is 0 Å². The molecular formula is C11H12O2. The molecule has 68 valence electrons. The number of Topliss-reactive ketones (excluding diaryl/α,β-unsaturated/α-hetero) is 1. The Hall–Kier alpha value is -1.31. The first-order valence-electron chi connectivity index (χ1n) is 4.61. The minimum Gasteiger partial charge on any atom is -0.508 e. The average molecular weight is 176 g/mol. The number of benzene rings is 1. The van der Waals surface area contributed by atoms with Gasteiger partial charge in [-0.15, -0.1) is 0 Å². The molecule has 1 aliphatic carbocycles. The van der Waals surface area contributed by atoms with Gasteiger partial charge in [-0.2, -0.15) is 0 Å². The van der Waals surface area contributed by atoms with Crippen molar-refractivity contribution in [3.8, 4) is 5.75 Å². The molecule has 0 fully saturated rings. The maximum atomic E-state index is 11.5. The molecule has 2 heteroatoms. The topological polar surface area (TPSA) is 37.3 Å². The second-order valence-electron chi connectivity index (χ2n) is 3.37. The first-order chi connectivity index (χ1) is 6.24. The van der Waals surface area contributed by atoms with Gasteiger partial charge in [-0.3, -0.25) is 4.79 Å². The zero-order valence-electron chi connectivity index (χ0n) is 7.63. The fourth-order valence-electron chi connectivity index (χ4n) is 1.94. The van der Waals surface area contributed by atoms with E-state index in [2.05, 4.69) is 0 Å². The summed E-state index contributed by atoms with van der Waals surface area (Å²) in [4.78, 5) is 11.5. The summed E-state index contributed by atoms with van der Waals surface area (Å²) >= 11 is 0. The van der Waals surface area contributed by atoms with Crippen molar-refractivity contribution in [2.75, 3.05) is 0 Å². The molecule has 2 rings (SSSR count). The lowest BCUT2D eigenvalue weighted by Crippen LogP contribution is -1.97. The fourth-order valence-corrected chi connectivity index (χ4v) is 1.94. The van der Waals surface area contributed by atoms with Crippen LogP contribution in [0.4, 0.5) is 0 Å². The summed E-state index contributed by atoms with van der Waals surface area (Å²) in [5.74, 6) is 0.459. The SMILES string of the molecule is CCc1ccc(O)c2c1C(=O)CC2. The molecule has 0 saturated carbocycles. The second-order valence-corrected chi connectivity index (χ2v) is 3.37. The number of phenolic OH excluding ortho intramolecular Hbond substituents is 1. The molecular weight excluding hydrogens is 164 g/mol. The van der Waals surface area contributed by atoms with Gasteiger partial charge in [0.1, 0.15) is 5.75 Å². The highest BCUT2D eigenvalue weighted by Crippen LogP contribution is 2.32. The molecule has 0 radical (unpaired) electrons. The summed E-state index contributed by atoms with van der Waals surface area (Å²) in [6, 6.07) is 3.54. The first kappa shape index (κ1) is 8.30. The first-order valence-corrected chi connectivity index (χ1v) is 4.61. The lowest BCUT2D eigenvalue weighted by Gasteiger charge is -2.06. The van der Waals surface area contributed by atoms with Crippen LogP contribution in [0.1, 0.15) is 34.8 Å². The summed E-state index contributed by atoms with van der Waals surface area (Å²) in [7, 11) is 0. The molecule has 0 saturated heterocycles. The van der Waals surface area contributed by atoms with E-state index in [1.54, 1.807) is 6.07 Å². The molecule has 0 heterocycles. The van der Waals surface area contributed by atoms with Crippen LogP contribution >= 0.6 is 0 Å². The minimum atomic E-state index is 0.183. The van der Waals surface area contributed by atoms with Crippen molar-refractivity contribution < 1.29 is 9.90 Å². The summed E-state index contributed by atoms with van der Waals surface area (Å²) in [6.07, 6.45) is 2.11. The van der Waals surface area contributed by atoms with E-state index in [1.807, 2.05) is 13.0 Å². The fraction of sp³-hybridized carbons (Fsp3) is 0.364. The minimum absolute atomic E-state index is 0.183. The van der Waals surface area contributed by atoms with Gasteiger partial charge in [0.2, 0.25) is 0 Å². The summed E-state index contributed by atoms with van der Waals surface area (Å²) < 4.78 is 0. The van der Waals surface area contributed by atoms with Crippen molar-refractivity contribution in [3.63, 3.8) is 0 Å². The quantitative estimate of drug-likeness (QED) is 0.711. The van der Waals surface area contributed by atoms with E-state index in [4.69, 9.17) is 0 Å². The van der Waals surface area contributed by atoms with Gasteiger partial charge in [-0.05, 0) is 24.5 Å². The molecule has 0 atom stereocenters. The number of aromatic hydroxyl groups is 1. The largest absolute Gasteiger partial charge is 0.508 e. The standard InChI is InChI=1S/C11H12O2/c1-2-7-3-5-9(12)8-4-6-10(13)11(7)8/h3,5,12H,2,4,6H2,1H3. The third-order valence-corrected chi connectivity index (χ3v) is 2.64. The third-order valence-electron chi connectivity index (χ3n) is 2.64. The summed E-state index contributed by atoms with van der Waals surface area (Å²) in [5, 5.41) is 9.52. The van der Waals surface area contributed by atoms with Crippen LogP contribution in [0.25, 0.3) is 0 Å². The number of phenols is 1. The van der Waals surface area contributed by atoms with Crippen LogP contribution in [0.5, 0.6) is 5.75 Å². The number of ketones is 1. The highest BCUT2D eigenvalue weighted by atomic mass is 16.3. The van der Waals surface area contributed by atoms with Gasteiger partial charge >= 0.3 is 0 Å². The molecule has 2 nitrogen and oxygen atoms in total. The van der Waals surface area contributed by atoms with Crippen molar-refractivity contribution in [1.82, 2.24) is 0 Å². The number of hydrogen-bond donors (Lipinski definition) is 1. The lowest BCUT2D eigenvalue weighted by molar-refractivity contribution is 0.0994. The summed E-state index contributed by atoms with van der Waals surface area (Å²) in [5.41, 5.74) is 2.70. The van der Waals surface area contributed by atoms with Crippen LogP contribution < -0.4 is 0 Å². The molecule has 1 aromatic rings. The van der Waals surface area contributed by atoms with Crippen LogP contribution in [-0.2, 0) is 12.8 Å². The van der Waals surface area contributed by atoms with Crippen molar-refractivity contribution in [3.05, 3.63) is 28.8 Å². The monoisotopic (exact) mass is 176 g/mol. The number of fused-ring (bicyclic) bond motifs is 1. The number of aryl methyl sites for hydroxylation is 1. The van der Waals surface area contributed by atoms with Crippen molar-refractivity contribution in [1.29, 1.82) is 0 Å². The molecule has 0 spiro atoms. The van der Waals surface area contributed by atoms with Crippen molar-refractivity contribution in [2.24, 2.45) is 0 Å². The van der Waals surface area contributed by atoms with Crippen LogP contribution in [0.15, 0.2) is 12.1 Å². The van der Waals surface area contributed by atoms with Gasteiger partial charge in [-0.1, -0.05) is 13.0 Å². The number of carbonyl (C=O) groups is 1. The number of carbonyl (C=O) groups excluding carboxylic acids is 1. The Kier molecular flexibility index (Phi) is 1.83. The van der Waals surface area contributed by atoms with E-state index in [-0.39, 0.29) is 11.5 Å². The lowest BCUT2D eigenvalue weighted by atomic mass is 10.0. The Morgan fingerprint density at radius 3 is 2.85 bits per heavy atom. The normalized spacial score (nSPS) is 14.7. The number of hydrogen-bond acceptors (Lipinski definition) is 2. The molecule has 1 aliphatic rings. The van der Waals surface area contributed by atoms with E-state index < -0.39 is 0 Å². The van der Waals surface area contributed by atoms with E-state index in [0.29, 0.717) is 12.8 Å². The third kappa shape index (κ3) is 1.13.